The summed E-state index contributed by atoms with van der Waals surface area (Å²) in [7, 11) is 0. The van der Waals surface area contributed by atoms with Gasteiger partial charge in [-0.2, -0.15) is 0 Å². The van der Waals surface area contributed by atoms with Crippen LogP contribution in [-0.4, -0.2) is 17.4 Å². The third-order valence-corrected chi connectivity index (χ3v) is 5.72. The molecule has 104 valence electrons. The SMILES string of the molecule is O=C(NCCc1cccs1)c1cc2sc(Cl)c(Cl)c2[nH]1. The second kappa shape index (κ2) is 5.77. The molecule has 0 aromatic carbocycles. The Morgan fingerprint density at radius 3 is 2.95 bits per heavy atom. The predicted molar refractivity (Wildman–Crippen MR) is 86.6 cm³/mol. The van der Waals surface area contributed by atoms with E-state index in [4.69, 9.17) is 23.2 Å². The third kappa shape index (κ3) is 2.72. The molecule has 0 atom stereocenters. The number of nitrogens with one attached hydrogen (secondary N) is 2. The van der Waals surface area contributed by atoms with Crippen LogP contribution in [-0.2, 0) is 6.42 Å². The maximum absolute atomic E-state index is 12.0. The molecule has 3 aromatic rings. The molecular formula is C13H10Cl2N2OS2. The molecular weight excluding hydrogens is 335 g/mol. The highest BCUT2D eigenvalue weighted by atomic mass is 35.5. The van der Waals surface area contributed by atoms with Crippen LogP contribution in [0.2, 0.25) is 9.36 Å². The lowest BCUT2D eigenvalue weighted by atomic mass is 10.3. The Morgan fingerprint density at radius 2 is 2.25 bits per heavy atom. The predicted octanol–water partition coefficient (Wildman–Crippen LogP) is 4.57. The number of rotatable bonds is 4. The van der Waals surface area contributed by atoms with Gasteiger partial charge < -0.3 is 10.3 Å². The molecule has 0 spiro atoms. The number of carbonyl (C=O) groups is 1. The number of halogens is 2. The fourth-order valence-electron chi connectivity index (χ4n) is 1.89. The standard InChI is InChI=1S/C13H10Cl2N2OS2/c14-10-11-9(20-12(10)15)6-8(17-11)13(18)16-4-3-7-2-1-5-19-7/h1-2,5-6,17H,3-4H2,(H,16,18). The molecule has 0 saturated heterocycles. The number of H-pyrrole nitrogens is 1. The molecule has 7 heteroatoms. The topological polar surface area (TPSA) is 44.9 Å². The highest BCUT2D eigenvalue weighted by molar-refractivity contribution is 7.23. The monoisotopic (exact) mass is 344 g/mol. The van der Waals surface area contributed by atoms with E-state index in [9.17, 15) is 4.79 Å². The molecule has 2 N–H and O–H groups in total. The largest absolute Gasteiger partial charge is 0.350 e. The number of carbonyl (C=O) groups excluding carboxylic acids is 1. The minimum absolute atomic E-state index is 0.128. The third-order valence-electron chi connectivity index (χ3n) is 2.85. The maximum Gasteiger partial charge on any atom is 0.267 e. The fraction of sp³-hybridized carbons (Fsp3) is 0.154. The van der Waals surface area contributed by atoms with Gasteiger partial charge >= 0.3 is 0 Å². The molecule has 0 saturated carbocycles. The van der Waals surface area contributed by atoms with Crippen molar-refractivity contribution in [2.24, 2.45) is 0 Å². The molecule has 0 fully saturated rings. The van der Waals surface area contributed by atoms with Crippen LogP contribution in [0.1, 0.15) is 15.4 Å². The lowest BCUT2D eigenvalue weighted by Gasteiger charge is -2.02. The minimum atomic E-state index is -0.128. The molecule has 1 amide bonds. The van der Waals surface area contributed by atoms with Gasteiger partial charge in [-0.3, -0.25) is 4.79 Å². The van der Waals surface area contributed by atoms with Crippen molar-refractivity contribution in [3.05, 3.63) is 43.5 Å². The number of amides is 1. The molecule has 0 bridgehead atoms. The Balaban J connectivity index is 1.66. The molecule has 0 aliphatic rings. The summed E-state index contributed by atoms with van der Waals surface area (Å²) in [5, 5.41) is 5.39. The van der Waals surface area contributed by atoms with Crippen LogP contribution in [0.4, 0.5) is 0 Å². The van der Waals surface area contributed by atoms with E-state index in [2.05, 4.69) is 16.4 Å². The maximum atomic E-state index is 12.0. The van der Waals surface area contributed by atoms with Gasteiger partial charge in [-0.15, -0.1) is 22.7 Å². The van der Waals surface area contributed by atoms with Crippen molar-refractivity contribution in [1.82, 2.24) is 10.3 Å². The van der Waals surface area contributed by atoms with E-state index < -0.39 is 0 Å². The van der Waals surface area contributed by atoms with Crippen molar-refractivity contribution >= 4 is 62.0 Å². The van der Waals surface area contributed by atoms with Gasteiger partial charge in [-0.05, 0) is 23.9 Å². The molecule has 3 nitrogen and oxygen atoms in total. The Bertz CT molecular complexity index is 746. The summed E-state index contributed by atoms with van der Waals surface area (Å²) in [4.78, 5) is 16.3. The summed E-state index contributed by atoms with van der Waals surface area (Å²) in [5.41, 5.74) is 1.24. The normalized spacial score (nSPS) is 11.1. The minimum Gasteiger partial charge on any atom is -0.350 e. The first-order valence-corrected chi connectivity index (χ1v) is 8.37. The lowest BCUT2D eigenvalue weighted by Crippen LogP contribution is -2.25. The molecule has 0 radical (unpaired) electrons. The average molecular weight is 345 g/mol. The zero-order valence-electron chi connectivity index (χ0n) is 10.2. The van der Waals surface area contributed by atoms with Crippen LogP contribution < -0.4 is 5.32 Å². The lowest BCUT2D eigenvalue weighted by molar-refractivity contribution is 0.0950. The van der Waals surface area contributed by atoms with E-state index in [0.29, 0.717) is 21.6 Å². The van der Waals surface area contributed by atoms with E-state index in [1.807, 2.05) is 11.4 Å². The molecule has 3 heterocycles. The second-order valence-electron chi connectivity index (χ2n) is 4.20. The van der Waals surface area contributed by atoms with Crippen LogP contribution in [0, 0.1) is 0 Å². The van der Waals surface area contributed by atoms with Gasteiger partial charge in [-0.1, -0.05) is 29.3 Å². The van der Waals surface area contributed by atoms with E-state index in [-0.39, 0.29) is 5.91 Å². The van der Waals surface area contributed by atoms with Crippen LogP contribution in [0.3, 0.4) is 0 Å². The summed E-state index contributed by atoms with van der Waals surface area (Å²) in [6.45, 7) is 0.612. The van der Waals surface area contributed by atoms with Crippen molar-refractivity contribution in [3.8, 4) is 0 Å². The molecule has 0 aliphatic carbocycles. The number of hydrogen-bond donors (Lipinski definition) is 2. The first kappa shape index (κ1) is 13.9. The zero-order chi connectivity index (χ0) is 14.1. The zero-order valence-corrected chi connectivity index (χ0v) is 13.3. The van der Waals surface area contributed by atoms with Crippen LogP contribution >= 0.6 is 45.9 Å². The van der Waals surface area contributed by atoms with Gasteiger partial charge in [0.25, 0.3) is 5.91 Å². The molecule has 20 heavy (non-hydrogen) atoms. The van der Waals surface area contributed by atoms with Crippen molar-refractivity contribution in [2.45, 2.75) is 6.42 Å². The van der Waals surface area contributed by atoms with Crippen molar-refractivity contribution < 1.29 is 4.79 Å². The van der Waals surface area contributed by atoms with E-state index in [1.165, 1.54) is 16.2 Å². The Labute approximate surface area is 133 Å². The number of aromatic amines is 1. The van der Waals surface area contributed by atoms with E-state index in [1.54, 1.807) is 17.4 Å². The van der Waals surface area contributed by atoms with Crippen molar-refractivity contribution in [1.29, 1.82) is 0 Å². The first-order valence-electron chi connectivity index (χ1n) is 5.92. The highest BCUT2D eigenvalue weighted by Crippen LogP contribution is 2.38. The highest BCUT2D eigenvalue weighted by Gasteiger charge is 2.15. The number of aromatic nitrogens is 1. The van der Waals surface area contributed by atoms with Gasteiger partial charge in [0, 0.05) is 11.4 Å². The van der Waals surface area contributed by atoms with Crippen molar-refractivity contribution in [2.75, 3.05) is 6.54 Å². The smallest absolute Gasteiger partial charge is 0.267 e. The van der Waals surface area contributed by atoms with Gasteiger partial charge in [0.15, 0.2) is 0 Å². The van der Waals surface area contributed by atoms with Crippen LogP contribution in [0.25, 0.3) is 10.2 Å². The van der Waals surface area contributed by atoms with Gasteiger partial charge in [0.1, 0.15) is 10.0 Å². The van der Waals surface area contributed by atoms with E-state index >= 15 is 0 Å². The van der Waals surface area contributed by atoms with Crippen LogP contribution in [0.15, 0.2) is 23.6 Å². The molecule has 0 unspecified atom stereocenters. The van der Waals surface area contributed by atoms with E-state index in [0.717, 1.165) is 16.6 Å². The molecule has 0 aliphatic heterocycles. The summed E-state index contributed by atoms with van der Waals surface area (Å²) in [6.07, 6.45) is 0.838. The molecule has 3 aromatic heterocycles. The summed E-state index contributed by atoms with van der Waals surface area (Å²) >= 11 is 15.0. The number of hydrogen-bond acceptors (Lipinski definition) is 3. The second-order valence-corrected chi connectivity index (χ2v) is 7.26. The fourth-order valence-corrected chi connectivity index (χ4v) is 4.08. The summed E-state index contributed by atoms with van der Waals surface area (Å²) < 4.78 is 1.43. The quantitative estimate of drug-likeness (QED) is 0.715. The Hall–Kier alpha value is -1.01. The van der Waals surface area contributed by atoms with Crippen LogP contribution in [0.5, 0.6) is 0 Å². The average Bonchev–Trinajstić information content (AvgIpc) is 3.11. The first-order chi connectivity index (χ1) is 9.65. The number of fused-ring (bicyclic) bond motifs is 1. The number of thiophene rings is 2. The molecule has 3 rings (SSSR count). The van der Waals surface area contributed by atoms with Gasteiger partial charge in [0.05, 0.1) is 15.2 Å². The summed E-state index contributed by atoms with van der Waals surface area (Å²) in [5.74, 6) is -0.128. The van der Waals surface area contributed by atoms with Gasteiger partial charge in [-0.25, -0.2) is 0 Å². The summed E-state index contributed by atoms with van der Waals surface area (Å²) in [6, 6.07) is 5.84. The van der Waals surface area contributed by atoms with Gasteiger partial charge in [0.2, 0.25) is 0 Å². The Morgan fingerprint density at radius 1 is 1.40 bits per heavy atom. The Kier molecular flexibility index (Phi) is 4.03. The van der Waals surface area contributed by atoms with Crippen molar-refractivity contribution in [3.63, 3.8) is 0 Å².